The fraction of sp³-hybridized carbons (Fsp3) is 0.250. The van der Waals surface area contributed by atoms with E-state index >= 15 is 0 Å². The summed E-state index contributed by atoms with van der Waals surface area (Å²) in [5, 5.41) is 20.7. The minimum Gasteiger partial charge on any atom is -0.462 e. The van der Waals surface area contributed by atoms with Crippen molar-refractivity contribution in [2.75, 3.05) is 6.61 Å². The van der Waals surface area contributed by atoms with Gasteiger partial charge in [-0.05, 0) is 31.5 Å². The van der Waals surface area contributed by atoms with Gasteiger partial charge in [0.2, 0.25) is 0 Å². The molecular formula is C12H18N6O5. The van der Waals surface area contributed by atoms with Crippen LogP contribution in [0.15, 0.2) is 23.2 Å². The molecule has 0 fully saturated rings. The summed E-state index contributed by atoms with van der Waals surface area (Å²) < 4.78 is 4.90. The number of hydrazine groups is 1. The van der Waals surface area contributed by atoms with Gasteiger partial charge in [-0.1, -0.05) is 6.07 Å². The van der Waals surface area contributed by atoms with Crippen molar-refractivity contribution in [1.29, 1.82) is 5.26 Å². The molecule has 0 amide bonds. The van der Waals surface area contributed by atoms with Crippen LogP contribution in [0.5, 0.6) is 0 Å². The van der Waals surface area contributed by atoms with Gasteiger partial charge in [0, 0.05) is 0 Å². The molecule has 0 spiro atoms. The molecule has 0 aliphatic carbocycles. The topological polar surface area (TPSA) is 190 Å². The average Bonchev–Trinajstić information content (AvgIpc) is 2.47. The second-order valence-corrected chi connectivity index (χ2v) is 3.51. The lowest BCUT2D eigenvalue weighted by Crippen LogP contribution is -2.18. The van der Waals surface area contributed by atoms with Gasteiger partial charge < -0.3 is 21.1 Å². The van der Waals surface area contributed by atoms with Crippen LogP contribution in [0.25, 0.3) is 0 Å². The number of aliphatic imine (C=N–C) groups is 1. The van der Waals surface area contributed by atoms with Gasteiger partial charge in [-0.3, -0.25) is 0 Å². The maximum Gasteiger partial charge on any atom is 0.338 e. The van der Waals surface area contributed by atoms with Crippen LogP contribution in [0.3, 0.4) is 0 Å². The second-order valence-electron chi connectivity index (χ2n) is 3.51. The number of esters is 1. The summed E-state index contributed by atoms with van der Waals surface area (Å²) in [5.41, 5.74) is 8.59. The molecule has 11 nitrogen and oxygen atoms in total. The van der Waals surface area contributed by atoms with Gasteiger partial charge >= 0.3 is 5.97 Å². The number of nitrogens with one attached hydrogen (secondary N) is 1. The minimum atomic E-state index is -1.50. The van der Waals surface area contributed by atoms with E-state index in [1.54, 1.807) is 19.1 Å². The number of rotatable bonds is 4. The molecule has 0 saturated carbocycles. The Morgan fingerprint density at radius 3 is 2.61 bits per heavy atom. The third kappa shape index (κ3) is 12.1. The molecule has 0 radical (unpaired) electrons. The largest absolute Gasteiger partial charge is 0.462 e. The Labute approximate surface area is 132 Å². The van der Waals surface area contributed by atoms with Crippen molar-refractivity contribution < 1.29 is 19.8 Å². The van der Waals surface area contributed by atoms with Gasteiger partial charge in [-0.15, -0.1) is 10.1 Å². The summed E-state index contributed by atoms with van der Waals surface area (Å²) in [5.74, 6) is 4.73. The molecule has 1 rings (SSSR count). The summed E-state index contributed by atoms with van der Waals surface area (Å²) in [6, 6.07) is 5.19. The summed E-state index contributed by atoms with van der Waals surface area (Å²) in [6.45, 7) is 4.03. The lowest BCUT2D eigenvalue weighted by atomic mass is 10.1. The maximum absolute atomic E-state index is 11.5. The number of carbonyl (C=O) groups excluding carboxylic acids is 1. The molecule has 1 aromatic carbocycles. The van der Waals surface area contributed by atoms with E-state index in [-0.39, 0.29) is 5.97 Å². The summed E-state index contributed by atoms with van der Waals surface area (Å²) in [6.07, 6.45) is 2.61. The minimum absolute atomic E-state index is 0.348. The third-order valence-corrected chi connectivity index (χ3v) is 2.00. The van der Waals surface area contributed by atoms with Crippen LogP contribution in [0, 0.1) is 28.5 Å². The van der Waals surface area contributed by atoms with Crippen molar-refractivity contribution in [3.63, 3.8) is 0 Å². The van der Waals surface area contributed by atoms with Crippen molar-refractivity contribution in [2.45, 2.75) is 13.8 Å². The lowest BCUT2D eigenvalue weighted by Gasteiger charge is -2.04. The SMILES string of the molecule is CCOC(=O)c1ccc(C)c(N=CNN)c1.N#CN.O=[N+]([O-])O. The Morgan fingerprint density at radius 2 is 2.17 bits per heavy atom. The molecule has 1 aromatic rings. The fourth-order valence-corrected chi connectivity index (χ4v) is 1.20. The predicted octanol–water partition coefficient (Wildman–Crippen LogP) is 0.373. The van der Waals surface area contributed by atoms with Crippen molar-refractivity contribution in [3.8, 4) is 6.19 Å². The number of ether oxygens (including phenoxy) is 1. The Morgan fingerprint density at radius 1 is 1.65 bits per heavy atom. The average molecular weight is 326 g/mol. The predicted molar refractivity (Wildman–Crippen MR) is 81.2 cm³/mol. The van der Waals surface area contributed by atoms with Gasteiger partial charge in [0.15, 0.2) is 6.19 Å². The monoisotopic (exact) mass is 326 g/mol. The maximum atomic E-state index is 11.5. The molecule has 126 valence electrons. The van der Waals surface area contributed by atoms with Crippen LogP contribution in [-0.4, -0.2) is 29.2 Å². The second kappa shape index (κ2) is 13.6. The summed E-state index contributed by atoms with van der Waals surface area (Å²) in [4.78, 5) is 23.9. The number of hydrogen-bond donors (Lipinski definition) is 4. The first kappa shape index (κ1) is 21.9. The van der Waals surface area contributed by atoms with E-state index in [4.69, 9.17) is 31.2 Å². The van der Waals surface area contributed by atoms with Gasteiger partial charge in [-0.25, -0.2) is 15.6 Å². The van der Waals surface area contributed by atoms with Crippen molar-refractivity contribution in [2.24, 2.45) is 16.6 Å². The number of aryl methyl sites for hydroxylation is 1. The smallest absolute Gasteiger partial charge is 0.338 e. The first-order chi connectivity index (χ1) is 10.8. The number of benzene rings is 1. The van der Waals surface area contributed by atoms with Crippen LogP contribution in [0.4, 0.5) is 5.69 Å². The Hall–Kier alpha value is -3.39. The zero-order valence-corrected chi connectivity index (χ0v) is 12.6. The van der Waals surface area contributed by atoms with Gasteiger partial charge in [0.05, 0.1) is 17.9 Å². The zero-order valence-electron chi connectivity index (χ0n) is 12.6. The Bertz CT molecular complexity index is 566. The molecule has 0 heterocycles. The molecule has 0 saturated heterocycles. The lowest BCUT2D eigenvalue weighted by molar-refractivity contribution is -0.742. The normalized spacial score (nSPS) is 8.61. The first-order valence-electron chi connectivity index (χ1n) is 6.03. The molecule has 11 heteroatoms. The number of nitrogens with two attached hydrogens (primary N) is 2. The first-order valence-corrected chi connectivity index (χ1v) is 6.03. The van der Waals surface area contributed by atoms with Crippen LogP contribution in [0.1, 0.15) is 22.8 Å². The molecule has 0 atom stereocenters. The van der Waals surface area contributed by atoms with E-state index in [9.17, 15) is 4.79 Å². The molecule has 0 aliphatic rings. The van der Waals surface area contributed by atoms with Crippen molar-refractivity contribution >= 4 is 18.0 Å². The van der Waals surface area contributed by atoms with E-state index in [0.717, 1.165) is 5.56 Å². The number of hydrogen-bond acceptors (Lipinski definition) is 8. The highest BCUT2D eigenvalue weighted by Gasteiger charge is 2.07. The number of nitriles is 1. The van der Waals surface area contributed by atoms with Crippen molar-refractivity contribution in [1.82, 2.24) is 5.43 Å². The van der Waals surface area contributed by atoms with Crippen LogP contribution >= 0.6 is 0 Å². The third-order valence-electron chi connectivity index (χ3n) is 2.00. The highest BCUT2D eigenvalue weighted by atomic mass is 16.9. The van der Waals surface area contributed by atoms with Crippen LogP contribution < -0.4 is 17.0 Å². The van der Waals surface area contributed by atoms with Crippen molar-refractivity contribution in [3.05, 3.63) is 39.4 Å². The van der Waals surface area contributed by atoms with Crippen LogP contribution in [0.2, 0.25) is 0 Å². The number of carbonyl (C=O) groups is 1. The van der Waals surface area contributed by atoms with E-state index in [2.05, 4.69) is 16.2 Å². The number of nitrogens with zero attached hydrogens (tertiary/aromatic N) is 3. The molecule has 0 aliphatic heterocycles. The summed E-state index contributed by atoms with van der Waals surface area (Å²) in [7, 11) is 0. The molecule has 0 unspecified atom stereocenters. The molecule has 6 N–H and O–H groups in total. The van der Waals surface area contributed by atoms with Gasteiger partial charge in [-0.2, -0.15) is 5.26 Å². The zero-order chi connectivity index (χ0) is 18.3. The quantitative estimate of drug-likeness (QED) is 0.0884. The fourth-order valence-electron chi connectivity index (χ4n) is 1.20. The van der Waals surface area contributed by atoms with Crippen LogP contribution in [-0.2, 0) is 4.74 Å². The molecular weight excluding hydrogens is 308 g/mol. The Kier molecular flexibility index (Phi) is 12.9. The molecule has 0 aromatic heterocycles. The van der Waals surface area contributed by atoms with E-state index < -0.39 is 5.09 Å². The van der Waals surface area contributed by atoms with E-state index in [1.807, 2.05) is 13.0 Å². The molecule has 0 bridgehead atoms. The van der Waals surface area contributed by atoms with E-state index in [1.165, 1.54) is 12.5 Å². The molecule has 23 heavy (non-hydrogen) atoms. The highest BCUT2D eigenvalue weighted by Crippen LogP contribution is 2.20. The van der Waals surface area contributed by atoms with E-state index in [0.29, 0.717) is 17.9 Å². The van der Waals surface area contributed by atoms with Gasteiger partial charge in [0.25, 0.3) is 5.09 Å². The standard InChI is InChI=1S/C11H15N3O2.CH2N2.HNO3/c1-3-16-11(15)9-5-4-8(2)10(6-9)13-7-14-12;2-1-3;2-1(3)4/h4-7H,3,12H2,1-2H3,(H,13,14);2H2;(H,2,3,4). The highest BCUT2D eigenvalue weighted by molar-refractivity contribution is 5.90. The Balaban J connectivity index is 0. The van der Waals surface area contributed by atoms with Gasteiger partial charge in [0.1, 0.15) is 6.34 Å². The summed E-state index contributed by atoms with van der Waals surface area (Å²) >= 11 is 0.